The zero-order valence-electron chi connectivity index (χ0n) is 6.55. The minimum absolute atomic E-state index is 0.168. The van der Waals surface area contributed by atoms with Crippen molar-refractivity contribution in [1.82, 2.24) is 5.32 Å². The maximum atomic E-state index is 11.0. The van der Waals surface area contributed by atoms with Gasteiger partial charge in [0.05, 0.1) is 0 Å². The lowest BCUT2D eigenvalue weighted by molar-refractivity contribution is -0.117. The topological polar surface area (TPSA) is 79.0 Å². The smallest absolute Gasteiger partial charge is 0.247 e. The molecule has 0 unspecified atom stereocenters. The molecule has 0 aliphatic carbocycles. The lowest BCUT2D eigenvalue weighted by Gasteiger charge is -2.01. The van der Waals surface area contributed by atoms with E-state index in [9.17, 15) is 4.79 Å². The zero-order chi connectivity index (χ0) is 8.69. The van der Waals surface area contributed by atoms with E-state index in [2.05, 4.69) is 5.32 Å². The van der Waals surface area contributed by atoms with E-state index >= 15 is 0 Å². The van der Waals surface area contributed by atoms with Gasteiger partial charge in [-0.3, -0.25) is 4.79 Å². The first kappa shape index (κ1) is 9.84. The summed E-state index contributed by atoms with van der Waals surface area (Å²) in [6.07, 6.45) is 2.52. The fraction of sp³-hybridized carbons (Fsp3) is 0.429. The number of nitrogens with two attached hydrogens (primary N) is 1. The molecule has 0 atom stereocenters. The normalized spacial score (nSPS) is 10.9. The quantitative estimate of drug-likeness (QED) is 0.383. The number of rotatable bonds is 4. The van der Waals surface area contributed by atoms with Crippen LogP contribution in [0.5, 0.6) is 0 Å². The van der Waals surface area contributed by atoms with Crippen LogP contribution in [0.2, 0.25) is 0 Å². The van der Waals surface area contributed by atoms with Crippen LogP contribution in [0.4, 0.5) is 0 Å². The Balaban J connectivity index is 3.82. The van der Waals surface area contributed by atoms with Gasteiger partial charge in [-0.1, -0.05) is 0 Å². The third-order valence-corrected chi connectivity index (χ3v) is 1.12. The Hall–Kier alpha value is -1.16. The molecule has 0 aromatic carbocycles. The molecule has 0 bridgehead atoms. The van der Waals surface area contributed by atoms with Crippen LogP contribution < -0.4 is 11.1 Å². The van der Waals surface area contributed by atoms with Gasteiger partial charge in [0.15, 0.2) is 0 Å². The molecule has 0 radical (unpaired) electrons. The Morgan fingerprint density at radius 1 is 1.73 bits per heavy atom. The molecule has 4 heteroatoms. The van der Waals surface area contributed by atoms with Crippen molar-refractivity contribution >= 4 is 12.1 Å². The Bertz CT molecular complexity index is 175. The molecule has 0 fully saturated rings. The van der Waals surface area contributed by atoms with Crippen molar-refractivity contribution in [2.45, 2.75) is 6.92 Å². The molecule has 0 aliphatic rings. The largest absolute Gasteiger partial charge is 0.351 e. The Kier molecular flexibility index (Phi) is 5.02. The first-order valence-corrected chi connectivity index (χ1v) is 3.38. The van der Waals surface area contributed by atoms with Crippen LogP contribution in [0.3, 0.4) is 0 Å². The molecule has 0 spiro atoms. The Morgan fingerprint density at radius 3 is 2.82 bits per heavy atom. The molecule has 0 aliphatic heterocycles. The van der Waals surface area contributed by atoms with Gasteiger partial charge in [0.25, 0.3) is 0 Å². The summed E-state index contributed by atoms with van der Waals surface area (Å²) in [4.78, 5) is 11.0. The summed E-state index contributed by atoms with van der Waals surface area (Å²) in [6.45, 7) is 2.56. The minimum Gasteiger partial charge on any atom is -0.351 e. The summed E-state index contributed by atoms with van der Waals surface area (Å²) in [5, 5.41) is 9.28. The van der Waals surface area contributed by atoms with Crippen LogP contribution in [-0.4, -0.2) is 25.2 Å². The molecule has 0 saturated carbocycles. The molecule has 0 heterocycles. The minimum atomic E-state index is -0.168. The van der Waals surface area contributed by atoms with E-state index in [1.54, 1.807) is 6.92 Å². The number of hydrogen-bond acceptors (Lipinski definition) is 3. The van der Waals surface area contributed by atoms with Gasteiger partial charge in [-0.15, -0.1) is 0 Å². The fourth-order valence-electron chi connectivity index (χ4n) is 0.526. The van der Waals surface area contributed by atoms with Gasteiger partial charge < -0.3 is 16.5 Å². The number of nitrogens with one attached hydrogen (secondary N) is 2. The summed E-state index contributed by atoms with van der Waals surface area (Å²) in [5.41, 5.74) is 5.69. The van der Waals surface area contributed by atoms with Gasteiger partial charge in [0.2, 0.25) is 5.91 Å². The highest BCUT2D eigenvalue weighted by molar-refractivity contribution is 5.96. The summed E-state index contributed by atoms with van der Waals surface area (Å²) in [7, 11) is 0. The number of carbonyl (C=O) groups excluding carboxylic acids is 1. The molecular weight excluding hydrogens is 142 g/mol. The van der Waals surface area contributed by atoms with E-state index in [1.165, 1.54) is 6.08 Å². The molecule has 62 valence electrons. The highest BCUT2D eigenvalue weighted by Crippen LogP contribution is 1.88. The highest BCUT2D eigenvalue weighted by Gasteiger charge is 1.99. The van der Waals surface area contributed by atoms with Gasteiger partial charge in [0.1, 0.15) is 0 Å². The van der Waals surface area contributed by atoms with Gasteiger partial charge in [-0.2, -0.15) is 0 Å². The standard InChI is InChI=1S/C7H13N3O/c1-6(2-3-8)7(11)10-5-4-9/h2-3,8H,4-5,9H2,1H3,(H,10,11)/b6-2-,8-3?. The second kappa shape index (κ2) is 5.61. The second-order valence-corrected chi connectivity index (χ2v) is 2.06. The molecule has 0 aromatic heterocycles. The number of amides is 1. The van der Waals surface area contributed by atoms with Crippen LogP contribution in [0.15, 0.2) is 11.6 Å². The summed E-state index contributed by atoms with van der Waals surface area (Å²) < 4.78 is 0. The molecular formula is C7H13N3O. The average molecular weight is 155 g/mol. The fourth-order valence-corrected chi connectivity index (χ4v) is 0.526. The number of carbonyl (C=O) groups is 1. The lowest BCUT2D eigenvalue weighted by Crippen LogP contribution is -2.29. The van der Waals surface area contributed by atoms with Crippen LogP contribution in [0, 0.1) is 5.41 Å². The van der Waals surface area contributed by atoms with Crippen LogP contribution >= 0.6 is 0 Å². The van der Waals surface area contributed by atoms with Crippen molar-refractivity contribution in [1.29, 1.82) is 5.41 Å². The van der Waals surface area contributed by atoms with Crippen LogP contribution in [0.1, 0.15) is 6.92 Å². The van der Waals surface area contributed by atoms with E-state index in [4.69, 9.17) is 11.1 Å². The Labute approximate surface area is 66.0 Å². The molecule has 4 nitrogen and oxygen atoms in total. The maximum absolute atomic E-state index is 11.0. The first-order valence-electron chi connectivity index (χ1n) is 3.38. The molecule has 4 N–H and O–H groups in total. The van der Waals surface area contributed by atoms with Crippen molar-refractivity contribution < 1.29 is 4.79 Å². The van der Waals surface area contributed by atoms with E-state index < -0.39 is 0 Å². The number of allylic oxidation sites excluding steroid dienone is 1. The van der Waals surface area contributed by atoms with Gasteiger partial charge in [-0.25, -0.2) is 0 Å². The predicted molar refractivity (Wildman–Crippen MR) is 44.6 cm³/mol. The van der Waals surface area contributed by atoms with E-state index in [1.807, 2.05) is 0 Å². The van der Waals surface area contributed by atoms with E-state index in [0.29, 0.717) is 18.7 Å². The Morgan fingerprint density at radius 2 is 2.36 bits per heavy atom. The highest BCUT2D eigenvalue weighted by atomic mass is 16.1. The van der Waals surface area contributed by atoms with E-state index in [0.717, 1.165) is 6.21 Å². The molecule has 11 heavy (non-hydrogen) atoms. The van der Waals surface area contributed by atoms with E-state index in [-0.39, 0.29) is 5.91 Å². The van der Waals surface area contributed by atoms with Crippen LogP contribution in [0.25, 0.3) is 0 Å². The van der Waals surface area contributed by atoms with Gasteiger partial charge in [-0.05, 0) is 13.0 Å². The SMILES string of the molecule is C/C(=C/C=N)C(=O)NCCN. The molecule has 0 aromatic rings. The maximum Gasteiger partial charge on any atom is 0.247 e. The third kappa shape index (κ3) is 4.27. The molecule has 0 saturated heterocycles. The molecule has 0 rings (SSSR count). The van der Waals surface area contributed by atoms with Crippen molar-refractivity contribution in [3.8, 4) is 0 Å². The second-order valence-electron chi connectivity index (χ2n) is 2.06. The predicted octanol–water partition coefficient (Wildman–Crippen LogP) is -0.343. The lowest BCUT2D eigenvalue weighted by atomic mass is 10.3. The number of hydrogen-bond donors (Lipinski definition) is 3. The average Bonchev–Trinajstić information content (AvgIpc) is 2.00. The van der Waals surface area contributed by atoms with Crippen molar-refractivity contribution in [2.24, 2.45) is 5.73 Å². The molecule has 1 amide bonds. The van der Waals surface area contributed by atoms with Gasteiger partial charge in [0, 0.05) is 24.9 Å². The van der Waals surface area contributed by atoms with Crippen molar-refractivity contribution in [3.63, 3.8) is 0 Å². The summed E-state index contributed by atoms with van der Waals surface area (Å²) in [5.74, 6) is -0.168. The monoisotopic (exact) mass is 155 g/mol. The van der Waals surface area contributed by atoms with Crippen LogP contribution in [-0.2, 0) is 4.79 Å². The summed E-state index contributed by atoms with van der Waals surface area (Å²) >= 11 is 0. The third-order valence-electron chi connectivity index (χ3n) is 1.12. The van der Waals surface area contributed by atoms with Crippen molar-refractivity contribution in [3.05, 3.63) is 11.6 Å². The van der Waals surface area contributed by atoms with Gasteiger partial charge >= 0.3 is 0 Å². The first-order chi connectivity index (χ1) is 5.22. The summed E-state index contributed by atoms with van der Waals surface area (Å²) in [6, 6.07) is 0. The van der Waals surface area contributed by atoms with Crippen molar-refractivity contribution in [2.75, 3.05) is 13.1 Å². The zero-order valence-corrected chi connectivity index (χ0v) is 6.55.